The van der Waals surface area contributed by atoms with E-state index in [1.807, 2.05) is 31.5 Å². The molecule has 1 heteroatoms. The molecule has 1 aromatic heterocycles. The van der Waals surface area contributed by atoms with Gasteiger partial charge >= 0.3 is 0 Å². The van der Waals surface area contributed by atoms with Crippen LogP contribution >= 0.6 is 0 Å². The maximum atomic E-state index is 3.70. The van der Waals surface area contributed by atoms with Gasteiger partial charge in [0.25, 0.3) is 0 Å². The Labute approximate surface area is 49.6 Å². The summed E-state index contributed by atoms with van der Waals surface area (Å²) in [6.45, 7) is 2.04. The molecular weight excluding hydrogens is 98.1 g/mol. The van der Waals surface area contributed by atoms with E-state index in [4.69, 9.17) is 0 Å². The molecule has 0 atom stereocenters. The maximum Gasteiger partial charge on any atom is 0.206 e. The molecule has 0 spiro atoms. The van der Waals surface area contributed by atoms with Crippen LogP contribution in [0, 0.1) is 14.0 Å². The SMILES string of the molecule is [CH2][n+]1cccc(C)c1. The molecule has 1 aromatic rings. The molecule has 0 amide bonds. The average Bonchev–Trinajstić information content (AvgIpc) is 1.64. The van der Waals surface area contributed by atoms with Gasteiger partial charge in [-0.2, -0.15) is 4.57 Å². The summed E-state index contributed by atoms with van der Waals surface area (Å²) in [6, 6.07) is 4.02. The summed E-state index contributed by atoms with van der Waals surface area (Å²) in [5.74, 6) is 0. The summed E-state index contributed by atoms with van der Waals surface area (Å²) in [7, 11) is 3.70. The van der Waals surface area contributed by atoms with E-state index in [9.17, 15) is 0 Å². The highest BCUT2D eigenvalue weighted by Gasteiger charge is 1.87. The van der Waals surface area contributed by atoms with Crippen LogP contribution < -0.4 is 4.57 Å². The molecule has 0 saturated carbocycles. The molecule has 1 radical (unpaired) electrons. The van der Waals surface area contributed by atoms with E-state index >= 15 is 0 Å². The zero-order valence-electron chi connectivity index (χ0n) is 4.96. The summed E-state index contributed by atoms with van der Waals surface area (Å²) in [5.41, 5.74) is 1.24. The Morgan fingerprint density at radius 1 is 1.62 bits per heavy atom. The molecule has 0 aliphatic rings. The molecule has 0 unspecified atom stereocenters. The van der Waals surface area contributed by atoms with E-state index in [0.717, 1.165) is 0 Å². The number of rotatable bonds is 0. The third-order valence-electron chi connectivity index (χ3n) is 1.01. The lowest BCUT2D eigenvalue weighted by Crippen LogP contribution is -2.23. The highest BCUT2D eigenvalue weighted by Crippen LogP contribution is 1.86. The van der Waals surface area contributed by atoms with E-state index in [1.165, 1.54) is 5.56 Å². The van der Waals surface area contributed by atoms with Gasteiger partial charge in [-0.25, -0.2) is 0 Å². The van der Waals surface area contributed by atoms with Gasteiger partial charge in [0, 0.05) is 11.6 Å². The second kappa shape index (κ2) is 1.95. The predicted octanol–water partition coefficient (Wildman–Crippen LogP) is 0.922. The first-order chi connectivity index (χ1) is 3.79. The van der Waals surface area contributed by atoms with Gasteiger partial charge in [-0.05, 0) is 13.0 Å². The van der Waals surface area contributed by atoms with E-state index in [2.05, 4.69) is 7.05 Å². The summed E-state index contributed by atoms with van der Waals surface area (Å²) in [5, 5.41) is 0. The van der Waals surface area contributed by atoms with Crippen LogP contribution in [0.4, 0.5) is 0 Å². The highest BCUT2D eigenvalue weighted by atomic mass is 14.9. The summed E-state index contributed by atoms with van der Waals surface area (Å²) in [4.78, 5) is 0. The van der Waals surface area contributed by atoms with Crippen LogP contribution in [-0.2, 0) is 0 Å². The molecular formula is C7H9N+. The minimum Gasteiger partial charge on any atom is -0.198 e. The molecule has 1 heterocycles. The number of nitrogens with zero attached hydrogens (tertiary/aromatic N) is 1. The first kappa shape index (κ1) is 5.29. The Morgan fingerprint density at radius 2 is 2.38 bits per heavy atom. The molecule has 8 heavy (non-hydrogen) atoms. The van der Waals surface area contributed by atoms with Gasteiger partial charge < -0.3 is 0 Å². The average molecular weight is 107 g/mol. The van der Waals surface area contributed by atoms with Crippen molar-refractivity contribution in [2.24, 2.45) is 0 Å². The molecule has 0 aliphatic heterocycles. The second-order valence-corrected chi connectivity index (χ2v) is 1.90. The topological polar surface area (TPSA) is 3.88 Å². The fraction of sp³-hybridized carbons (Fsp3) is 0.143. The number of aromatic nitrogens is 1. The minimum atomic E-state index is 1.24. The lowest BCUT2D eigenvalue weighted by molar-refractivity contribution is -0.612. The lowest BCUT2D eigenvalue weighted by Gasteiger charge is -1.84. The number of aryl methyl sites for hydroxylation is 1. The molecule has 0 N–H and O–H groups in total. The Morgan fingerprint density at radius 3 is 2.75 bits per heavy atom. The number of hydrogen-bond donors (Lipinski definition) is 0. The second-order valence-electron chi connectivity index (χ2n) is 1.90. The van der Waals surface area contributed by atoms with Gasteiger partial charge in [0.1, 0.15) is 0 Å². The minimum absolute atomic E-state index is 1.24. The monoisotopic (exact) mass is 107 g/mol. The van der Waals surface area contributed by atoms with Crippen molar-refractivity contribution < 1.29 is 4.57 Å². The molecule has 41 valence electrons. The van der Waals surface area contributed by atoms with Crippen LogP contribution in [0.1, 0.15) is 5.56 Å². The molecule has 1 rings (SSSR count). The van der Waals surface area contributed by atoms with Crippen molar-refractivity contribution in [2.75, 3.05) is 0 Å². The standard InChI is InChI=1S/C7H9N/c1-7-4-3-5-8(2)6-7/h3-6H,2H2,1H3/q+1. The van der Waals surface area contributed by atoms with E-state index in [1.54, 1.807) is 4.57 Å². The summed E-state index contributed by atoms with van der Waals surface area (Å²) in [6.07, 6.45) is 3.88. The zero-order valence-corrected chi connectivity index (χ0v) is 4.96. The third kappa shape index (κ3) is 1.06. The van der Waals surface area contributed by atoms with Crippen LogP contribution in [-0.4, -0.2) is 0 Å². The Hall–Kier alpha value is -0.850. The third-order valence-corrected chi connectivity index (χ3v) is 1.01. The van der Waals surface area contributed by atoms with E-state index < -0.39 is 0 Å². The van der Waals surface area contributed by atoms with Crippen LogP contribution in [0.5, 0.6) is 0 Å². The van der Waals surface area contributed by atoms with Gasteiger partial charge in [-0.3, -0.25) is 0 Å². The first-order valence-electron chi connectivity index (χ1n) is 2.58. The van der Waals surface area contributed by atoms with Gasteiger partial charge in [0.2, 0.25) is 7.05 Å². The van der Waals surface area contributed by atoms with Gasteiger partial charge in [0.15, 0.2) is 12.4 Å². The van der Waals surface area contributed by atoms with Gasteiger partial charge in [0.05, 0.1) is 0 Å². The van der Waals surface area contributed by atoms with Crippen molar-refractivity contribution in [3.8, 4) is 0 Å². The van der Waals surface area contributed by atoms with E-state index in [-0.39, 0.29) is 0 Å². The fourth-order valence-electron chi connectivity index (χ4n) is 0.653. The number of hydrogen-bond acceptors (Lipinski definition) is 0. The van der Waals surface area contributed by atoms with Crippen LogP contribution in [0.3, 0.4) is 0 Å². The van der Waals surface area contributed by atoms with Gasteiger partial charge in [-0.15, -0.1) is 0 Å². The van der Waals surface area contributed by atoms with Crippen LogP contribution in [0.15, 0.2) is 24.5 Å². The van der Waals surface area contributed by atoms with Crippen molar-refractivity contribution in [3.05, 3.63) is 37.1 Å². The molecule has 1 nitrogen and oxygen atoms in total. The fourth-order valence-corrected chi connectivity index (χ4v) is 0.653. The molecule has 0 fully saturated rings. The van der Waals surface area contributed by atoms with Crippen molar-refractivity contribution in [3.63, 3.8) is 0 Å². The molecule has 0 bridgehead atoms. The van der Waals surface area contributed by atoms with Crippen LogP contribution in [0.2, 0.25) is 0 Å². The Balaban J connectivity index is 3.08. The number of pyridine rings is 1. The predicted molar refractivity (Wildman–Crippen MR) is 32.1 cm³/mol. The lowest BCUT2D eigenvalue weighted by atomic mass is 10.3. The normalized spacial score (nSPS) is 9.25. The zero-order chi connectivity index (χ0) is 5.98. The van der Waals surface area contributed by atoms with Crippen molar-refractivity contribution in [2.45, 2.75) is 6.92 Å². The van der Waals surface area contributed by atoms with Gasteiger partial charge in [-0.1, -0.05) is 0 Å². The quantitative estimate of drug-likeness (QED) is 0.434. The molecule has 0 aliphatic carbocycles. The van der Waals surface area contributed by atoms with Crippen molar-refractivity contribution in [1.29, 1.82) is 0 Å². The Bertz CT molecular complexity index is 164. The van der Waals surface area contributed by atoms with Crippen molar-refractivity contribution in [1.82, 2.24) is 0 Å². The summed E-state index contributed by atoms with van der Waals surface area (Å²) >= 11 is 0. The summed E-state index contributed by atoms with van der Waals surface area (Å²) < 4.78 is 1.79. The smallest absolute Gasteiger partial charge is 0.198 e. The molecule has 0 aromatic carbocycles. The maximum absolute atomic E-state index is 3.70. The van der Waals surface area contributed by atoms with E-state index in [0.29, 0.717) is 0 Å². The highest BCUT2D eigenvalue weighted by molar-refractivity contribution is 5.01. The largest absolute Gasteiger partial charge is 0.206 e. The Kier molecular flexibility index (Phi) is 1.29. The first-order valence-corrected chi connectivity index (χ1v) is 2.58. The van der Waals surface area contributed by atoms with Crippen LogP contribution in [0.25, 0.3) is 0 Å². The van der Waals surface area contributed by atoms with Crippen molar-refractivity contribution >= 4 is 0 Å². The molecule has 0 saturated heterocycles.